The number of nitrogens with zero attached hydrogens (tertiary/aromatic N) is 2. The zero-order chi connectivity index (χ0) is 34.1. The van der Waals surface area contributed by atoms with E-state index in [1.807, 2.05) is 91.0 Å². The van der Waals surface area contributed by atoms with Gasteiger partial charge in [0.1, 0.15) is 11.5 Å². The molecule has 2 aliphatic heterocycles. The predicted molar refractivity (Wildman–Crippen MR) is 190 cm³/mol. The van der Waals surface area contributed by atoms with Gasteiger partial charge in [-0.25, -0.2) is 0 Å². The molecule has 0 bridgehead atoms. The van der Waals surface area contributed by atoms with Gasteiger partial charge in [-0.2, -0.15) is 0 Å². The Labute approximate surface area is 283 Å². The summed E-state index contributed by atoms with van der Waals surface area (Å²) in [7, 11) is 0.796. The first kappa shape index (κ1) is 33.5. The highest BCUT2D eigenvalue weighted by molar-refractivity contribution is 6.91. The van der Waals surface area contributed by atoms with Crippen molar-refractivity contribution in [1.29, 1.82) is 0 Å². The molecule has 2 aliphatic rings. The Kier molecular flexibility index (Phi) is 9.47. The minimum Gasteiger partial charge on any atom is -0.497 e. The van der Waals surface area contributed by atoms with E-state index in [-0.39, 0.29) is 42.8 Å². The van der Waals surface area contributed by atoms with Crippen LogP contribution in [0, 0.1) is 5.92 Å². The zero-order valence-electron chi connectivity index (χ0n) is 28.3. The largest absolute Gasteiger partial charge is 0.497 e. The van der Waals surface area contributed by atoms with Crippen LogP contribution in [0.2, 0.25) is 18.6 Å². The first-order valence-electron chi connectivity index (χ1n) is 16.5. The molecule has 4 aromatic rings. The van der Waals surface area contributed by atoms with Crippen LogP contribution in [0.25, 0.3) is 0 Å². The van der Waals surface area contributed by atoms with Crippen LogP contribution in [0.3, 0.4) is 0 Å². The van der Waals surface area contributed by atoms with Crippen LogP contribution in [0.4, 0.5) is 11.4 Å². The highest BCUT2D eigenvalue weighted by atomic mass is 28.3. The monoisotopic (exact) mass is 664 g/mol. The molecule has 1 N–H and O–H groups in total. The van der Waals surface area contributed by atoms with E-state index in [1.165, 1.54) is 5.19 Å². The minimum atomic E-state index is -2.47. The molecule has 0 unspecified atom stereocenters. The van der Waals surface area contributed by atoms with E-state index in [0.29, 0.717) is 12.3 Å². The van der Waals surface area contributed by atoms with Crippen molar-refractivity contribution in [3.05, 3.63) is 114 Å². The molecule has 250 valence electrons. The van der Waals surface area contributed by atoms with Crippen molar-refractivity contribution in [2.24, 2.45) is 5.92 Å². The first-order chi connectivity index (χ1) is 23.1. The molecule has 6 rings (SSSR count). The third kappa shape index (κ3) is 5.80. The minimum absolute atomic E-state index is 0.0775. The summed E-state index contributed by atoms with van der Waals surface area (Å²) >= 11 is 0. The topological polar surface area (TPSA) is 88.5 Å². The lowest BCUT2D eigenvalue weighted by Gasteiger charge is -2.37. The van der Waals surface area contributed by atoms with E-state index in [9.17, 15) is 9.90 Å². The van der Waals surface area contributed by atoms with Gasteiger partial charge in [0.15, 0.2) is 5.60 Å². The van der Waals surface area contributed by atoms with Gasteiger partial charge < -0.3 is 24.2 Å². The maximum atomic E-state index is 15.0. The number of hydrogen-bond acceptors (Lipinski definition) is 6. The highest BCUT2D eigenvalue weighted by Crippen LogP contribution is 2.61. The molecule has 8 nitrogen and oxygen atoms in total. The number of aliphatic hydroxyl groups is 1. The number of ether oxygens (including phenoxy) is 3. The van der Waals surface area contributed by atoms with Gasteiger partial charge in [0.05, 0.1) is 47.1 Å². The third-order valence-electron chi connectivity index (χ3n) is 10.3. The number of carbonyl (C=O) groups is 2. The molecule has 0 aliphatic carbocycles. The van der Waals surface area contributed by atoms with E-state index < -0.39 is 19.8 Å². The number of methoxy groups -OCH3 is 2. The van der Waals surface area contributed by atoms with Gasteiger partial charge in [0.25, 0.3) is 5.91 Å². The average Bonchev–Trinajstić information content (AvgIpc) is 3.54. The third-order valence-corrected chi connectivity index (χ3v) is 14.6. The molecule has 4 aromatic carbocycles. The molecule has 48 heavy (non-hydrogen) atoms. The van der Waals surface area contributed by atoms with E-state index in [2.05, 4.69) is 32.2 Å². The van der Waals surface area contributed by atoms with Gasteiger partial charge in [-0.15, -0.1) is 0 Å². The lowest BCUT2D eigenvalue weighted by atomic mass is 9.82. The summed E-state index contributed by atoms with van der Waals surface area (Å²) in [6.07, 6.45) is -0.486. The number of carbonyl (C=O) groups excluding carboxylic acids is 2. The second-order valence-corrected chi connectivity index (χ2v) is 17.9. The molecule has 0 radical (unpaired) electrons. The second kappa shape index (κ2) is 13.6. The Hall–Kier alpha value is -4.44. The zero-order valence-corrected chi connectivity index (χ0v) is 29.3. The van der Waals surface area contributed by atoms with Gasteiger partial charge in [-0.05, 0) is 53.6 Å². The summed E-state index contributed by atoms with van der Waals surface area (Å²) in [5.41, 5.74) is 1.76. The number of aliphatic hydroxyl groups excluding tert-OH is 1. The molecule has 2 amide bonds. The number of benzene rings is 4. The Morgan fingerprint density at radius 3 is 2.17 bits per heavy atom. The van der Waals surface area contributed by atoms with E-state index in [4.69, 9.17) is 14.2 Å². The lowest BCUT2D eigenvalue weighted by molar-refractivity contribution is -0.149. The molecular formula is C39H44N2O6Si. The van der Waals surface area contributed by atoms with Gasteiger partial charge in [0, 0.05) is 30.3 Å². The van der Waals surface area contributed by atoms with Crippen molar-refractivity contribution in [3.63, 3.8) is 0 Å². The number of rotatable bonds is 11. The summed E-state index contributed by atoms with van der Waals surface area (Å²) < 4.78 is 18.3. The van der Waals surface area contributed by atoms with Crippen LogP contribution in [-0.4, -0.2) is 63.4 Å². The van der Waals surface area contributed by atoms with Crippen LogP contribution in [-0.2, 0) is 26.5 Å². The van der Waals surface area contributed by atoms with E-state index in [0.717, 1.165) is 28.3 Å². The number of para-hydroxylation sites is 1. The SMILES string of the molecule is COc1ccc([Si](C)(C)[C@@H]2[C@@H](CC(=O)N(CCO)Cc3ccccc3)O[C@]3(C(=O)N(c4ccccc4)c4ccc(OC)cc43)[C@H]2C)cc1. The van der Waals surface area contributed by atoms with E-state index in [1.54, 1.807) is 24.0 Å². The Morgan fingerprint density at radius 2 is 1.54 bits per heavy atom. The lowest BCUT2D eigenvalue weighted by Crippen LogP contribution is -2.52. The summed E-state index contributed by atoms with van der Waals surface area (Å²) in [6, 6.07) is 33.3. The Morgan fingerprint density at radius 1 is 0.917 bits per heavy atom. The van der Waals surface area contributed by atoms with Crippen molar-refractivity contribution in [2.75, 3.05) is 32.3 Å². The number of anilines is 2. The summed E-state index contributed by atoms with van der Waals surface area (Å²) in [4.78, 5) is 32.7. The number of hydrogen-bond donors (Lipinski definition) is 1. The Balaban J connectivity index is 1.46. The molecule has 2 heterocycles. The fourth-order valence-corrected chi connectivity index (χ4v) is 11.9. The van der Waals surface area contributed by atoms with Gasteiger partial charge in [-0.3, -0.25) is 14.5 Å². The molecule has 0 aromatic heterocycles. The smallest absolute Gasteiger partial charge is 0.268 e. The van der Waals surface area contributed by atoms with Crippen molar-refractivity contribution < 1.29 is 28.9 Å². The molecule has 1 spiro atoms. The first-order valence-corrected chi connectivity index (χ1v) is 19.6. The van der Waals surface area contributed by atoms with Crippen molar-refractivity contribution in [2.45, 2.75) is 50.2 Å². The maximum absolute atomic E-state index is 15.0. The summed E-state index contributed by atoms with van der Waals surface area (Å²) in [5, 5.41) is 11.1. The fourth-order valence-electron chi connectivity index (χ4n) is 7.90. The highest BCUT2D eigenvalue weighted by Gasteiger charge is 2.67. The van der Waals surface area contributed by atoms with Gasteiger partial charge >= 0.3 is 0 Å². The summed E-state index contributed by atoms with van der Waals surface area (Å²) in [6.45, 7) is 7.12. The van der Waals surface area contributed by atoms with Crippen LogP contribution in [0.1, 0.15) is 24.5 Å². The summed E-state index contributed by atoms with van der Waals surface area (Å²) in [5.74, 6) is 0.828. The molecule has 4 atom stereocenters. The quantitative estimate of drug-likeness (QED) is 0.198. The van der Waals surface area contributed by atoms with Crippen molar-refractivity contribution in [3.8, 4) is 11.5 Å². The molecule has 0 saturated carbocycles. The number of amides is 2. The van der Waals surface area contributed by atoms with E-state index >= 15 is 4.79 Å². The predicted octanol–water partition coefficient (Wildman–Crippen LogP) is 6.01. The molecule has 1 saturated heterocycles. The van der Waals surface area contributed by atoms with Gasteiger partial charge in [-0.1, -0.05) is 85.9 Å². The Bertz CT molecular complexity index is 1750. The van der Waals surface area contributed by atoms with Crippen LogP contribution >= 0.6 is 0 Å². The van der Waals surface area contributed by atoms with Gasteiger partial charge in [0.2, 0.25) is 5.91 Å². The average molecular weight is 665 g/mol. The van der Waals surface area contributed by atoms with Crippen molar-refractivity contribution >= 4 is 36.4 Å². The molecule has 9 heteroatoms. The molecule has 1 fully saturated rings. The second-order valence-electron chi connectivity index (χ2n) is 13.2. The molecular weight excluding hydrogens is 621 g/mol. The van der Waals surface area contributed by atoms with Crippen LogP contribution in [0.5, 0.6) is 11.5 Å². The maximum Gasteiger partial charge on any atom is 0.268 e. The van der Waals surface area contributed by atoms with Crippen molar-refractivity contribution in [1.82, 2.24) is 4.90 Å². The van der Waals surface area contributed by atoms with Crippen LogP contribution in [0.15, 0.2) is 103 Å². The normalized spacial score (nSPS) is 21.8. The fraction of sp³-hybridized carbons (Fsp3) is 0.333. The standard InChI is InChI=1S/C39H44N2O6Si/c1-27-37(48(4,5)32-19-16-30(45-2)17-20-32)35(25-36(43)40(22-23-42)26-28-12-8-6-9-13-28)47-39(27)33-24-31(46-3)18-21-34(33)41(38(39)44)29-14-10-7-11-15-29/h6-21,24,27,35,37,42H,22-23,25-26H2,1-5H3/t27-,35+,37-,39+/m0/s1. The number of fused-ring (bicyclic) bond motifs is 2. The van der Waals surface area contributed by atoms with Crippen LogP contribution < -0.4 is 19.6 Å².